The molecule has 1 aromatic heterocycles. The van der Waals surface area contributed by atoms with Gasteiger partial charge in [0.25, 0.3) is 0 Å². The van der Waals surface area contributed by atoms with Crippen LogP contribution in [0.2, 0.25) is 5.02 Å². The normalized spacial score (nSPS) is 11.5. The highest BCUT2D eigenvalue weighted by atomic mass is 35.5. The zero-order chi connectivity index (χ0) is 16.3. The van der Waals surface area contributed by atoms with Crippen molar-refractivity contribution in [1.82, 2.24) is 15.2 Å². The number of carbonyl (C=O) groups excluding carboxylic acids is 1. The number of nitrogens with one attached hydrogen (secondary N) is 2. The van der Waals surface area contributed by atoms with Crippen LogP contribution in [0.25, 0.3) is 0 Å². The van der Waals surface area contributed by atoms with Crippen molar-refractivity contribution in [3.8, 4) is 0 Å². The van der Waals surface area contributed by atoms with Crippen LogP contribution >= 0.6 is 23.4 Å². The Hall–Kier alpha value is -1.53. The van der Waals surface area contributed by atoms with Crippen LogP contribution in [0.5, 0.6) is 0 Å². The molecule has 0 saturated carbocycles. The number of hydrogen-bond acceptors (Lipinski definition) is 4. The Kier molecular flexibility index (Phi) is 5.13. The van der Waals surface area contributed by atoms with Crippen LogP contribution in [0.1, 0.15) is 32.2 Å². The molecule has 1 aromatic carbocycles. The number of aromatic amines is 1. The number of thioether (sulfide) groups is 1. The van der Waals surface area contributed by atoms with Gasteiger partial charge in [-0.05, 0) is 24.6 Å². The van der Waals surface area contributed by atoms with Gasteiger partial charge in [-0.2, -0.15) is 0 Å². The van der Waals surface area contributed by atoms with Crippen LogP contribution in [-0.4, -0.2) is 26.8 Å². The van der Waals surface area contributed by atoms with E-state index in [4.69, 9.17) is 11.6 Å². The molecule has 2 aromatic rings. The molecule has 2 N–H and O–H groups in total. The van der Waals surface area contributed by atoms with Crippen molar-refractivity contribution in [1.29, 1.82) is 0 Å². The Morgan fingerprint density at radius 2 is 2.14 bits per heavy atom. The first kappa shape index (κ1) is 16.8. The maximum atomic E-state index is 12.0. The third-order valence-corrected chi connectivity index (χ3v) is 4.06. The zero-order valence-corrected chi connectivity index (χ0v) is 14.6. The van der Waals surface area contributed by atoms with Crippen LogP contribution in [0.15, 0.2) is 23.4 Å². The summed E-state index contributed by atoms with van der Waals surface area (Å²) in [6.07, 6.45) is 0. The molecule has 1 heterocycles. The molecule has 0 aliphatic heterocycles. The summed E-state index contributed by atoms with van der Waals surface area (Å²) < 4.78 is 0. The molecule has 1 amide bonds. The van der Waals surface area contributed by atoms with Gasteiger partial charge in [0.15, 0.2) is 0 Å². The summed E-state index contributed by atoms with van der Waals surface area (Å²) in [6.45, 7) is 8.08. The smallest absolute Gasteiger partial charge is 0.234 e. The molecule has 0 radical (unpaired) electrons. The number of anilines is 1. The van der Waals surface area contributed by atoms with E-state index in [2.05, 4.69) is 41.3 Å². The SMILES string of the molecule is Cc1ccc(Cl)cc1NC(=O)CSc1n[nH]c(C(C)(C)C)n1. The number of H-pyrrole nitrogens is 1. The van der Waals surface area contributed by atoms with Gasteiger partial charge in [-0.15, -0.1) is 5.10 Å². The van der Waals surface area contributed by atoms with Crippen molar-refractivity contribution >= 4 is 35.0 Å². The number of rotatable bonds is 4. The fourth-order valence-corrected chi connectivity index (χ4v) is 2.46. The second-order valence-corrected chi connectivity index (χ2v) is 7.39. The number of aryl methyl sites for hydroxylation is 1. The fraction of sp³-hybridized carbons (Fsp3) is 0.400. The summed E-state index contributed by atoms with van der Waals surface area (Å²) >= 11 is 7.23. The molecular weight excluding hydrogens is 320 g/mol. The third-order valence-electron chi connectivity index (χ3n) is 2.98. The molecule has 0 unspecified atom stereocenters. The number of benzene rings is 1. The Bertz CT molecular complexity index is 678. The Balaban J connectivity index is 1.93. The third kappa shape index (κ3) is 4.48. The molecule has 22 heavy (non-hydrogen) atoms. The van der Waals surface area contributed by atoms with E-state index in [-0.39, 0.29) is 17.1 Å². The van der Waals surface area contributed by atoms with Crippen LogP contribution in [0, 0.1) is 6.92 Å². The van der Waals surface area contributed by atoms with Crippen molar-refractivity contribution < 1.29 is 4.79 Å². The molecule has 0 atom stereocenters. The maximum absolute atomic E-state index is 12.0. The minimum Gasteiger partial charge on any atom is -0.325 e. The predicted octanol–water partition coefficient (Wildman–Crippen LogP) is 3.79. The van der Waals surface area contributed by atoms with Crippen molar-refractivity contribution in [3.63, 3.8) is 0 Å². The summed E-state index contributed by atoms with van der Waals surface area (Å²) in [4.78, 5) is 16.4. The van der Waals surface area contributed by atoms with E-state index in [9.17, 15) is 4.79 Å². The molecular formula is C15H19ClN4OS. The number of hydrogen-bond donors (Lipinski definition) is 2. The predicted molar refractivity (Wildman–Crippen MR) is 90.6 cm³/mol. The lowest BCUT2D eigenvalue weighted by atomic mass is 9.96. The second kappa shape index (κ2) is 6.71. The number of carbonyl (C=O) groups is 1. The molecule has 0 bridgehead atoms. The second-order valence-electron chi connectivity index (χ2n) is 6.01. The largest absolute Gasteiger partial charge is 0.325 e. The lowest BCUT2D eigenvalue weighted by Gasteiger charge is -2.12. The number of amides is 1. The zero-order valence-electron chi connectivity index (χ0n) is 13.0. The summed E-state index contributed by atoms with van der Waals surface area (Å²) in [6, 6.07) is 5.41. The van der Waals surface area contributed by atoms with E-state index in [1.165, 1.54) is 11.8 Å². The fourth-order valence-electron chi connectivity index (χ4n) is 1.69. The topological polar surface area (TPSA) is 70.7 Å². The first-order valence-corrected chi connectivity index (χ1v) is 8.24. The molecule has 2 rings (SSSR count). The van der Waals surface area contributed by atoms with Crippen molar-refractivity contribution in [2.24, 2.45) is 0 Å². The molecule has 118 valence electrons. The molecule has 0 aliphatic carbocycles. The van der Waals surface area contributed by atoms with Crippen molar-refractivity contribution in [2.75, 3.05) is 11.1 Å². The number of halogens is 1. The van der Waals surface area contributed by atoms with Gasteiger partial charge in [-0.3, -0.25) is 9.89 Å². The first-order valence-electron chi connectivity index (χ1n) is 6.87. The summed E-state index contributed by atoms with van der Waals surface area (Å²) in [7, 11) is 0. The van der Waals surface area contributed by atoms with Gasteiger partial charge in [0.1, 0.15) is 5.82 Å². The average molecular weight is 339 g/mol. The van der Waals surface area contributed by atoms with Gasteiger partial charge in [-0.1, -0.05) is 50.2 Å². The van der Waals surface area contributed by atoms with E-state index in [0.29, 0.717) is 10.2 Å². The molecule has 7 heteroatoms. The minimum absolute atomic E-state index is 0.0913. The van der Waals surface area contributed by atoms with E-state index in [1.807, 2.05) is 13.0 Å². The van der Waals surface area contributed by atoms with Crippen molar-refractivity contribution in [3.05, 3.63) is 34.6 Å². The Morgan fingerprint density at radius 3 is 2.77 bits per heavy atom. The monoisotopic (exact) mass is 338 g/mol. The highest BCUT2D eigenvalue weighted by Crippen LogP contribution is 2.22. The van der Waals surface area contributed by atoms with Gasteiger partial charge in [0.05, 0.1) is 5.75 Å². The van der Waals surface area contributed by atoms with E-state index in [0.717, 1.165) is 17.1 Å². The van der Waals surface area contributed by atoms with E-state index in [1.54, 1.807) is 12.1 Å². The van der Waals surface area contributed by atoms with E-state index < -0.39 is 0 Å². The van der Waals surface area contributed by atoms with Crippen LogP contribution in [0.3, 0.4) is 0 Å². The lowest BCUT2D eigenvalue weighted by Crippen LogP contribution is -2.15. The van der Waals surface area contributed by atoms with Crippen LogP contribution < -0.4 is 5.32 Å². The maximum Gasteiger partial charge on any atom is 0.234 e. The standard InChI is InChI=1S/C15H19ClN4OS/c1-9-5-6-10(16)7-11(9)17-12(21)8-22-14-18-13(19-20-14)15(2,3)4/h5-7H,8H2,1-4H3,(H,17,21)(H,18,19,20). The average Bonchev–Trinajstić information content (AvgIpc) is 2.89. The van der Waals surface area contributed by atoms with Gasteiger partial charge in [-0.25, -0.2) is 4.98 Å². The summed E-state index contributed by atoms with van der Waals surface area (Å²) in [5.74, 6) is 0.937. The molecule has 0 spiro atoms. The van der Waals surface area contributed by atoms with Gasteiger partial charge >= 0.3 is 0 Å². The first-order chi connectivity index (χ1) is 10.3. The van der Waals surface area contributed by atoms with E-state index >= 15 is 0 Å². The number of nitrogens with zero attached hydrogens (tertiary/aromatic N) is 2. The van der Waals surface area contributed by atoms with Crippen molar-refractivity contribution in [2.45, 2.75) is 38.3 Å². The summed E-state index contributed by atoms with van der Waals surface area (Å²) in [5.41, 5.74) is 1.60. The quantitative estimate of drug-likeness (QED) is 0.832. The lowest BCUT2D eigenvalue weighted by molar-refractivity contribution is -0.113. The minimum atomic E-state index is -0.113. The molecule has 0 fully saturated rings. The Labute approximate surface area is 139 Å². The molecule has 0 saturated heterocycles. The molecule has 0 aliphatic rings. The summed E-state index contributed by atoms with van der Waals surface area (Å²) in [5, 5.41) is 11.0. The highest BCUT2D eigenvalue weighted by molar-refractivity contribution is 7.99. The van der Waals surface area contributed by atoms with Gasteiger partial charge < -0.3 is 5.32 Å². The molecule has 5 nitrogen and oxygen atoms in total. The van der Waals surface area contributed by atoms with Gasteiger partial charge in [0, 0.05) is 16.1 Å². The van der Waals surface area contributed by atoms with Gasteiger partial charge in [0.2, 0.25) is 11.1 Å². The Morgan fingerprint density at radius 1 is 1.41 bits per heavy atom. The van der Waals surface area contributed by atoms with Crippen LogP contribution in [-0.2, 0) is 10.2 Å². The number of aromatic nitrogens is 3. The highest BCUT2D eigenvalue weighted by Gasteiger charge is 2.19. The van der Waals surface area contributed by atoms with Crippen LogP contribution in [0.4, 0.5) is 5.69 Å².